The lowest BCUT2D eigenvalue weighted by atomic mass is 10.1. The molecule has 0 amide bonds. The summed E-state index contributed by atoms with van der Waals surface area (Å²) >= 11 is 0. The maximum Gasteiger partial charge on any atom is 0.271 e. The summed E-state index contributed by atoms with van der Waals surface area (Å²) in [7, 11) is 0. The van der Waals surface area contributed by atoms with Crippen LogP contribution in [0.5, 0.6) is 0 Å². The van der Waals surface area contributed by atoms with Crippen LogP contribution >= 0.6 is 0 Å². The number of aromatic nitrogens is 3. The van der Waals surface area contributed by atoms with Gasteiger partial charge in [-0.05, 0) is 12.1 Å². The number of rotatable bonds is 1. The van der Waals surface area contributed by atoms with E-state index in [1.807, 2.05) is 24.3 Å². The molecule has 2 aromatic heterocycles. The highest BCUT2D eigenvalue weighted by molar-refractivity contribution is 5.92. The smallest absolute Gasteiger partial charge is 0.271 e. The molecular weight excluding hydrogens is 228 g/mol. The number of nitrogen functional groups attached to an aromatic ring is 1. The molecule has 0 aliphatic heterocycles. The highest BCUT2D eigenvalue weighted by atomic mass is 16.1. The summed E-state index contributed by atoms with van der Waals surface area (Å²) in [5.74, 6) is 0. The Bertz CT molecular complexity index is 774. The number of H-pyrrole nitrogens is 1. The number of benzene rings is 1. The molecule has 0 atom stereocenters. The summed E-state index contributed by atoms with van der Waals surface area (Å²) in [5, 5.41) is 0.923. The Morgan fingerprint density at radius 1 is 1.17 bits per heavy atom. The van der Waals surface area contributed by atoms with E-state index in [2.05, 4.69) is 15.0 Å². The third-order valence-electron chi connectivity index (χ3n) is 2.75. The van der Waals surface area contributed by atoms with Crippen molar-refractivity contribution in [2.45, 2.75) is 0 Å². The van der Waals surface area contributed by atoms with E-state index in [0.717, 1.165) is 22.2 Å². The SMILES string of the molecule is Nc1cc(-c2ncnc3ccccc23)c[nH]c1=O. The van der Waals surface area contributed by atoms with Crippen LogP contribution in [0.15, 0.2) is 47.7 Å². The molecule has 0 fully saturated rings. The molecule has 0 spiro atoms. The fourth-order valence-electron chi connectivity index (χ4n) is 1.87. The first-order valence-corrected chi connectivity index (χ1v) is 5.44. The standard InChI is InChI=1S/C13H10N4O/c14-10-5-8(6-15-13(10)18)12-9-3-1-2-4-11(9)16-7-17-12/h1-7H,14H2,(H,15,18). The van der Waals surface area contributed by atoms with Gasteiger partial charge in [-0.2, -0.15) is 0 Å². The molecule has 0 saturated heterocycles. The zero-order chi connectivity index (χ0) is 12.5. The van der Waals surface area contributed by atoms with E-state index in [1.165, 1.54) is 6.33 Å². The monoisotopic (exact) mass is 238 g/mol. The molecule has 0 unspecified atom stereocenters. The second-order valence-electron chi connectivity index (χ2n) is 3.91. The molecule has 5 nitrogen and oxygen atoms in total. The van der Waals surface area contributed by atoms with E-state index in [1.54, 1.807) is 12.3 Å². The topological polar surface area (TPSA) is 84.7 Å². The van der Waals surface area contributed by atoms with Gasteiger partial charge >= 0.3 is 0 Å². The van der Waals surface area contributed by atoms with E-state index in [-0.39, 0.29) is 11.2 Å². The van der Waals surface area contributed by atoms with Crippen molar-refractivity contribution in [1.82, 2.24) is 15.0 Å². The van der Waals surface area contributed by atoms with E-state index in [4.69, 9.17) is 5.73 Å². The highest BCUT2D eigenvalue weighted by Crippen LogP contribution is 2.24. The molecule has 18 heavy (non-hydrogen) atoms. The first-order chi connectivity index (χ1) is 8.75. The number of para-hydroxylation sites is 1. The Hall–Kier alpha value is -2.69. The zero-order valence-electron chi connectivity index (χ0n) is 9.42. The average Bonchev–Trinajstić information content (AvgIpc) is 2.41. The molecule has 2 heterocycles. The molecule has 1 aromatic carbocycles. The van der Waals surface area contributed by atoms with Gasteiger partial charge < -0.3 is 10.7 Å². The van der Waals surface area contributed by atoms with Crippen LogP contribution < -0.4 is 11.3 Å². The molecule has 3 rings (SSSR count). The quantitative estimate of drug-likeness (QED) is 0.673. The second-order valence-corrected chi connectivity index (χ2v) is 3.91. The predicted octanol–water partition coefficient (Wildman–Crippen LogP) is 1.57. The molecule has 88 valence electrons. The molecule has 3 aromatic rings. The van der Waals surface area contributed by atoms with Gasteiger partial charge in [0.25, 0.3) is 5.56 Å². The molecule has 5 heteroatoms. The number of hydrogen-bond acceptors (Lipinski definition) is 4. The molecule has 0 saturated carbocycles. The minimum Gasteiger partial charge on any atom is -0.394 e. The van der Waals surface area contributed by atoms with Crippen LogP contribution in [-0.4, -0.2) is 15.0 Å². The van der Waals surface area contributed by atoms with Gasteiger partial charge in [-0.1, -0.05) is 18.2 Å². The number of nitrogens with one attached hydrogen (secondary N) is 1. The Morgan fingerprint density at radius 2 is 2.00 bits per heavy atom. The Kier molecular flexibility index (Phi) is 2.30. The van der Waals surface area contributed by atoms with Crippen molar-refractivity contribution < 1.29 is 0 Å². The van der Waals surface area contributed by atoms with Crippen LogP contribution in [-0.2, 0) is 0 Å². The zero-order valence-corrected chi connectivity index (χ0v) is 9.42. The fourth-order valence-corrected chi connectivity index (χ4v) is 1.87. The van der Waals surface area contributed by atoms with Crippen LogP contribution in [0.2, 0.25) is 0 Å². The highest BCUT2D eigenvalue weighted by Gasteiger charge is 2.07. The van der Waals surface area contributed by atoms with Crippen LogP contribution in [0, 0.1) is 0 Å². The Labute approximate surface area is 102 Å². The first kappa shape index (κ1) is 10.5. The van der Waals surface area contributed by atoms with Crippen LogP contribution in [0.4, 0.5) is 5.69 Å². The fraction of sp³-hybridized carbons (Fsp3) is 0. The number of pyridine rings is 1. The number of nitrogens with zero attached hydrogens (tertiary/aromatic N) is 2. The number of fused-ring (bicyclic) bond motifs is 1. The average molecular weight is 238 g/mol. The van der Waals surface area contributed by atoms with Crippen molar-refractivity contribution in [2.24, 2.45) is 0 Å². The Balaban J connectivity index is 2.31. The van der Waals surface area contributed by atoms with Gasteiger partial charge in [0.15, 0.2) is 0 Å². The van der Waals surface area contributed by atoms with E-state index < -0.39 is 0 Å². The molecule has 0 aliphatic carbocycles. The third-order valence-corrected chi connectivity index (χ3v) is 2.75. The summed E-state index contributed by atoms with van der Waals surface area (Å²) in [6.07, 6.45) is 3.10. The lowest BCUT2D eigenvalue weighted by molar-refractivity contribution is 1.20. The lowest BCUT2D eigenvalue weighted by Crippen LogP contribution is -2.10. The van der Waals surface area contributed by atoms with Crippen LogP contribution in [0.3, 0.4) is 0 Å². The number of hydrogen-bond donors (Lipinski definition) is 2. The number of nitrogens with two attached hydrogens (primary N) is 1. The van der Waals surface area contributed by atoms with Crippen molar-refractivity contribution in [3.8, 4) is 11.3 Å². The van der Waals surface area contributed by atoms with Gasteiger partial charge in [0.1, 0.15) is 6.33 Å². The van der Waals surface area contributed by atoms with E-state index in [9.17, 15) is 4.79 Å². The van der Waals surface area contributed by atoms with Gasteiger partial charge in [0.05, 0.1) is 16.9 Å². The van der Waals surface area contributed by atoms with Crippen molar-refractivity contribution in [1.29, 1.82) is 0 Å². The lowest BCUT2D eigenvalue weighted by Gasteiger charge is -2.05. The van der Waals surface area contributed by atoms with Crippen molar-refractivity contribution in [3.63, 3.8) is 0 Å². The number of aromatic amines is 1. The molecule has 0 radical (unpaired) electrons. The normalized spacial score (nSPS) is 10.7. The molecular formula is C13H10N4O. The van der Waals surface area contributed by atoms with Gasteiger partial charge in [0.2, 0.25) is 0 Å². The second kappa shape index (κ2) is 3.96. The Morgan fingerprint density at radius 3 is 2.83 bits per heavy atom. The van der Waals surface area contributed by atoms with Gasteiger partial charge in [-0.25, -0.2) is 9.97 Å². The summed E-state index contributed by atoms with van der Waals surface area (Å²) in [5.41, 5.74) is 7.87. The largest absolute Gasteiger partial charge is 0.394 e. The van der Waals surface area contributed by atoms with Crippen molar-refractivity contribution >= 4 is 16.6 Å². The maximum atomic E-state index is 11.3. The van der Waals surface area contributed by atoms with Crippen LogP contribution in [0.25, 0.3) is 22.2 Å². The van der Waals surface area contributed by atoms with Crippen molar-refractivity contribution in [2.75, 3.05) is 5.73 Å². The van der Waals surface area contributed by atoms with E-state index >= 15 is 0 Å². The van der Waals surface area contributed by atoms with Gasteiger partial charge in [0, 0.05) is 17.1 Å². The molecule has 0 bridgehead atoms. The number of anilines is 1. The van der Waals surface area contributed by atoms with Crippen LogP contribution in [0.1, 0.15) is 0 Å². The minimum atomic E-state index is -0.294. The summed E-state index contributed by atoms with van der Waals surface area (Å²) in [4.78, 5) is 22.3. The van der Waals surface area contributed by atoms with Gasteiger partial charge in [-0.15, -0.1) is 0 Å². The third kappa shape index (κ3) is 1.62. The molecule has 0 aliphatic rings. The first-order valence-electron chi connectivity index (χ1n) is 5.44. The van der Waals surface area contributed by atoms with Crippen molar-refractivity contribution in [3.05, 3.63) is 53.2 Å². The van der Waals surface area contributed by atoms with E-state index in [0.29, 0.717) is 0 Å². The summed E-state index contributed by atoms with van der Waals surface area (Å²) < 4.78 is 0. The van der Waals surface area contributed by atoms with Gasteiger partial charge in [-0.3, -0.25) is 4.79 Å². The minimum absolute atomic E-state index is 0.176. The summed E-state index contributed by atoms with van der Waals surface area (Å²) in [6, 6.07) is 9.31. The molecule has 3 N–H and O–H groups in total. The predicted molar refractivity (Wildman–Crippen MR) is 70.0 cm³/mol. The summed E-state index contributed by atoms with van der Waals surface area (Å²) in [6.45, 7) is 0. The maximum absolute atomic E-state index is 11.3.